The SMILES string of the molecule is CN(C)CCNC(=O)C1CNC(=O)C1. The Labute approximate surface area is 83.8 Å². The Balaban J connectivity index is 2.18. The number of likely N-dealkylation sites (N-methyl/N-ethyl adjacent to an activating group) is 1. The fourth-order valence-electron chi connectivity index (χ4n) is 1.34. The van der Waals surface area contributed by atoms with Crippen LogP contribution < -0.4 is 10.6 Å². The number of nitrogens with one attached hydrogen (secondary N) is 2. The lowest BCUT2D eigenvalue weighted by molar-refractivity contribution is -0.126. The van der Waals surface area contributed by atoms with Crippen molar-refractivity contribution in [1.82, 2.24) is 15.5 Å². The Hall–Kier alpha value is -1.10. The third-order valence-corrected chi connectivity index (χ3v) is 2.21. The van der Waals surface area contributed by atoms with Crippen molar-refractivity contribution in [1.29, 1.82) is 0 Å². The van der Waals surface area contributed by atoms with Gasteiger partial charge in [-0.3, -0.25) is 9.59 Å². The first-order valence-corrected chi connectivity index (χ1v) is 4.78. The van der Waals surface area contributed by atoms with Gasteiger partial charge in [0.2, 0.25) is 11.8 Å². The van der Waals surface area contributed by atoms with Crippen LogP contribution in [0.5, 0.6) is 0 Å². The molecule has 5 nitrogen and oxygen atoms in total. The zero-order chi connectivity index (χ0) is 10.6. The second kappa shape index (κ2) is 4.95. The minimum Gasteiger partial charge on any atom is -0.355 e. The van der Waals surface area contributed by atoms with Crippen LogP contribution in [0.25, 0.3) is 0 Å². The lowest BCUT2D eigenvalue weighted by Crippen LogP contribution is -2.36. The summed E-state index contributed by atoms with van der Waals surface area (Å²) < 4.78 is 0. The first-order chi connectivity index (χ1) is 6.59. The van der Waals surface area contributed by atoms with E-state index in [1.54, 1.807) is 0 Å². The monoisotopic (exact) mass is 199 g/mol. The predicted molar refractivity (Wildman–Crippen MR) is 52.7 cm³/mol. The Morgan fingerprint density at radius 3 is 2.86 bits per heavy atom. The van der Waals surface area contributed by atoms with E-state index in [1.165, 1.54) is 0 Å². The lowest BCUT2D eigenvalue weighted by Gasteiger charge is -2.12. The molecule has 1 unspecified atom stereocenters. The predicted octanol–water partition coefficient (Wildman–Crippen LogP) is -1.20. The standard InChI is InChI=1S/C9H17N3O2/c1-12(2)4-3-10-9(14)7-5-8(13)11-6-7/h7H,3-6H2,1-2H3,(H,10,14)(H,11,13). The van der Waals surface area contributed by atoms with Gasteiger partial charge in [-0.15, -0.1) is 0 Å². The zero-order valence-corrected chi connectivity index (χ0v) is 8.67. The fraction of sp³-hybridized carbons (Fsp3) is 0.778. The molecule has 1 aliphatic rings. The summed E-state index contributed by atoms with van der Waals surface area (Å²) in [6.07, 6.45) is 0.327. The summed E-state index contributed by atoms with van der Waals surface area (Å²) in [7, 11) is 3.90. The van der Waals surface area contributed by atoms with Crippen LogP contribution in [0.15, 0.2) is 0 Å². The maximum absolute atomic E-state index is 11.5. The molecule has 0 bridgehead atoms. The van der Waals surface area contributed by atoms with E-state index in [0.29, 0.717) is 19.5 Å². The molecule has 1 aliphatic heterocycles. The largest absolute Gasteiger partial charge is 0.355 e. The fourth-order valence-corrected chi connectivity index (χ4v) is 1.34. The molecule has 2 N–H and O–H groups in total. The van der Waals surface area contributed by atoms with Gasteiger partial charge in [-0.05, 0) is 14.1 Å². The van der Waals surface area contributed by atoms with Crippen molar-refractivity contribution in [3.63, 3.8) is 0 Å². The number of carbonyl (C=O) groups is 2. The molecule has 0 aromatic heterocycles. The van der Waals surface area contributed by atoms with Crippen LogP contribution in [0.4, 0.5) is 0 Å². The van der Waals surface area contributed by atoms with Gasteiger partial charge in [0, 0.05) is 26.1 Å². The summed E-state index contributed by atoms with van der Waals surface area (Å²) >= 11 is 0. The molecular formula is C9H17N3O2. The second-order valence-electron chi connectivity index (χ2n) is 3.80. The van der Waals surface area contributed by atoms with Crippen LogP contribution in [-0.2, 0) is 9.59 Å². The summed E-state index contributed by atoms with van der Waals surface area (Å²) in [5.41, 5.74) is 0. The van der Waals surface area contributed by atoms with E-state index in [2.05, 4.69) is 10.6 Å². The lowest BCUT2D eigenvalue weighted by atomic mass is 10.1. The first kappa shape index (κ1) is 11.0. The summed E-state index contributed by atoms with van der Waals surface area (Å²) in [6, 6.07) is 0. The van der Waals surface area contributed by atoms with Crippen molar-refractivity contribution in [3.8, 4) is 0 Å². The molecule has 1 rings (SSSR count). The summed E-state index contributed by atoms with van der Waals surface area (Å²) in [5.74, 6) is -0.229. The third kappa shape index (κ3) is 3.33. The van der Waals surface area contributed by atoms with Crippen molar-refractivity contribution in [2.75, 3.05) is 33.7 Å². The minimum atomic E-state index is -0.176. The molecule has 80 valence electrons. The molecule has 1 fully saturated rings. The average molecular weight is 199 g/mol. The van der Waals surface area contributed by atoms with Crippen molar-refractivity contribution in [2.24, 2.45) is 5.92 Å². The highest BCUT2D eigenvalue weighted by Crippen LogP contribution is 2.07. The summed E-state index contributed by atoms with van der Waals surface area (Å²) in [4.78, 5) is 24.3. The van der Waals surface area contributed by atoms with E-state index in [9.17, 15) is 9.59 Å². The molecule has 0 radical (unpaired) electrons. The van der Waals surface area contributed by atoms with E-state index in [0.717, 1.165) is 6.54 Å². The minimum absolute atomic E-state index is 0.0230. The molecule has 1 atom stereocenters. The van der Waals surface area contributed by atoms with Crippen molar-refractivity contribution in [2.45, 2.75) is 6.42 Å². The molecule has 2 amide bonds. The quantitative estimate of drug-likeness (QED) is 0.598. The highest BCUT2D eigenvalue weighted by atomic mass is 16.2. The van der Waals surface area contributed by atoms with Gasteiger partial charge in [-0.2, -0.15) is 0 Å². The number of amides is 2. The van der Waals surface area contributed by atoms with E-state index >= 15 is 0 Å². The first-order valence-electron chi connectivity index (χ1n) is 4.78. The number of nitrogens with zero attached hydrogens (tertiary/aromatic N) is 1. The smallest absolute Gasteiger partial charge is 0.225 e. The van der Waals surface area contributed by atoms with Gasteiger partial charge in [-0.1, -0.05) is 0 Å². The van der Waals surface area contributed by atoms with Crippen LogP contribution in [-0.4, -0.2) is 50.4 Å². The third-order valence-electron chi connectivity index (χ3n) is 2.21. The van der Waals surface area contributed by atoms with Gasteiger partial charge in [-0.25, -0.2) is 0 Å². The van der Waals surface area contributed by atoms with Gasteiger partial charge >= 0.3 is 0 Å². The highest BCUT2D eigenvalue weighted by Gasteiger charge is 2.27. The van der Waals surface area contributed by atoms with Crippen molar-refractivity contribution in [3.05, 3.63) is 0 Å². The van der Waals surface area contributed by atoms with Gasteiger partial charge in [0.25, 0.3) is 0 Å². The molecule has 1 heterocycles. The molecule has 0 saturated carbocycles. The topological polar surface area (TPSA) is 61.4 Å². The highest BCUT2D eigenvalue weighted by molar-refractivity contribution is 5.89. The second-order valence-corrected chi connectivity index (χ2v) is 3.80. The Morgan fingerprint density at radius 1 is 1.64 bits per heavy atom. The van der Waals surface area contributed by atoms with Crippen LogP contribution in [0.2, 0.25) is 0 Å². The maximum Gasteiger partial charge on any atom is 0.225 e. The molecule has 5 heteroatoms. The molecule has 14 heavy (non-hydrogen) atoms. The van der Waals surface area contributed by atoms with E-state index < -0.39 is 0 Å². The van der Waals surface area contributed by atoms with Gasteiger partial charge in [0.1, 0.15) is 0 Å². The van der Waals surface area contributed by atoms with E-state index in [-0.39, 0.29) is 17.7 Å². The molecule has 0 aromatic carbocycles. The Kier molecular flexibility index (Phi) is 3.88. The van der Waals surface area contributed by atoms with Crippen molar-refractivity contribution < 1.29 is 9.59 Å². The van der Waals surface area contributed by atoms with Crippen LogP contribution in [0.1, 0.15) is 6.42 Å². The number of hydrogen-bond acceptors (Lipinski definition) is 3. The zero-order valence-electron chi connectivity index (χ0n) is 8.67. The van der Waals surface area contributed by atoms with Crippen LogP contribution in [0.3, 0.4) is 0 Å². The number of hydrogen-bond donors (Lipinski definition) is 2. The average Bonchev–Trinajstić information content (AvgIpc) is 2.51. The number of rotatable bonds is 4. The van der Waals surface area contributed by atoms with Gasteiger partial charge < -0.3 is 15.5 Å². The Morgan fingerprint density at radius 2 is 2.36 bits per heavy atom. The van der Waals surface area contributed by atoms with Crippen LogP contribution in [0, 0.1) is 5.92 Å². The molecule has 1 saturated heterocycles. The summed E-state index contributed by atoms with van der Waals surface area (Å²) in [6.45, 7) is 1.93. The van der Waals surface area contributed by atoms with Gasteiger partial charge in [0.05, 0.1) is 5.92 Å². The molecule has 0 spiro atoms. The van der Waals surface area contributed by atoms with E-state index in [1.807, 2.05) is 19.0 Å². The molecule has 0 aromatic rings. The van der Waals surface area contributed by atoms with Gasteiger partial charge in [0.15, 0.2) is 0 Å². The Bertz CT molecular complexity index is 228. The molecule has 0 aliphatic carbocycles. The maximum atomic E-state index is 11.5. The van der Waals surface area contributed by atoms with Crippen molar-refractivity contribution >= 4 is 11.8 Å². The normalized spacial score (nSPS) is 21.1. The number of carbonyl (C=O) groups excluding carboxylic acids is 2. The molecular weight excluding hydrogens is 182 g/mol. The van der Waals surface area contributed by atoms with E-state index in [4.69, 9.17) is 0 Å². The summed E-state index contributed by atoms with van der Waals surface area (Å²) in [5, 5.41) is 5.44. The van der Waals surface area contributed by atoms with Crippen LogP contribution >= 0.6 is 0 Å².